The molecule has 2 rings (SSSR count). The number of hydrogen-bond donors (Lipinski definition) is 2. The van der Waals surface area contributed by atoms with Crippen LogP contribution in [0.3, 0.4) is 0 Å². The lowest BCUT2D eigenvalue weighted by molar-refractivity contribution is -0.274. The van der Waals surface area contributed by atoms with Crippen LogP contribution in [0.5, 0.6) is 5.75 Å². The Labute approximate surface area is 150 Å². The van der Waals surface area contributed by atoms with Gasteiger partial charge in [-0.1, -0.05) is 18.6 Å². The lowest BCUT2D eigenvalue weighted by Gasteiger charge is -2.23. The summed E-state index contributed by atoms with van der Waals surface area (Å²) in [5.74, 6) is 0.872. The molecule has 1 aliphatic rings. The molecule has 130 valence electrons. The molecule has 0 amide bonds. The van der Waals surface area contributed by atoms with Crippen molar-refractivity contribution >= 4 is 29.9 Å². The number of nitrogens with zero attached hydrogens (tertiary/aromatic N) is 1. The molecular weight excluding hydrogens is 422 g/mol. The van der Waals surface area contributed by atoms with Gasteiger partial charge in [-0.2, -0.15) is 0 Å². The minimum atomic E-state index is -4.66. The normalized spacial score (nSPS) is 15.5. The summed E-state index contributed by atoms with van der Waals surface area (Å²) >= 11 is 0. The Kier molecular flexibility index (Phi) is 7.93. The summed E-state index contributed by atoms with van der Waals surface area (Å²) < 4.78 is 39.9. The first kappa shape index (κ1) is 19.9. The topological polar surface area (TPSA) is 59.6 Å². The van der Waals surface area contributed by atoms with Gasteiger partial charge in [-0.25, -0.2) is 0 Å². The van der Waals surface area contributed by atoms with Gasteiger partial charge in [-0.15, -0.1) is 37.1 Å². The molecule has 0 atom stereocenters. The Morgan fingerprint density at radius 3 is 2.43 bits per heavy atom. The second-order valence-corrected chi connectivity index (χ2v) is 5.39. The average molecular weight is 443 g/mol. The summed E-state index contributed by atoms with van der Waals surface area (Å²) in [5, 5.41) is 3.00. The van der Waals surface area contributed by atoms with Crippen molar-refractivity contribution in [2.75, 3.05) is 13.1 Å². The first-order chi connectivity index (χ1) is 10.4. The van der Waals surface area contributed by atoms with Crippen LogP contribution >= 0.6 is 24.0 Å². The van der Waals surface area contributed by atoms with E-state index in [1.165, 1.54) is 31.4 Å². The molecular formula is C15H21F3IN3O. The van der Waals surface area contributed by atoms with Crippen molar-refractivity contribution in [1.29, 1.82) is 0 Å². The summed E-state index contributed by atoms with van der Waals surface area (Å²) in [5.41, 5.74) is 6.65. The smallest absolute Gasteiger partial charge is 0.406 e. The number of rotatable bonds is 6. The summed E-state index contributed by atoms with van der Waals surface area (Å²) in [6.07, 6.45) is -0.284. The lowest BCUT2D eigenvalue weighted by atomic mass is 9.86. The Morgan fingerprint density at radius 2 is 1.91 bits per heavy atom. The fourth-order valence-corrected chi connectivity index (χ4v) is 2.15. The van der Waals surface area contributed by atoms with Gasteiger partial charge in [-0.05, 0) is 42.9 Å². The van der Waals surface area contributed by atoms with Crippen LogP contribution in [0.2, 0.25) is 0 Å². The van der Waals surface area contributed by atoms with E-state index >= 15 is 0 Å². The number of halogens is 4. The van der Waals surface area contributed by atoms with Crippen molar-refractivity contribution in [1.82, 2.24) is 5.32 Å². The molecule has 0 saturated heterocycles. The fraction of sp³-hybridized carbons (Fsp3) is 0.533. The summed E-state index contributed by atoms with van der Waals surface area (Å²) in [7, 11) is 0. The lowest BCUT2D eigenvalue weighted by Crippen LogP contribution is -2.34. The molecule has 0 heterocycles. The Morgan fingerprint density at radius 1 is 1.26 bits per heavy atom. The van der Waals surface area contributed by atoms with E-state index in [0.29, 0.717) is 24.8 Å². The van der Waals surface area contributed by atoms with Crippen molar-refractivity contribution in [3.05, 3.63) is 29.8 Å². The molecule has 1 aliphatic carbocycles. The van der Waals surface area contributed by atoms with Gasteiger partial charge in [0.1, 0.15) is 5.75 Å². The maximum atomic E-state index is 12.0. The summed E-state index contributed by atoms with van der Waals surface area (Å²) in [6, 6.07) is 5.81. The summed E-state index contributed by atoms with van der Waals surface area (Å²) in [4.78, 5) is 4.27. The standard InChI is InChI=1S/C15H20F3N3O.HI/c16-15(17,18)22-13-6-4-11(5-7-13)8-9-20-14(19)21-10-12-2-1-3-12;/h4-7,12H,1-3,8-10H2,(H3,19,20,21);1H. The van der Waals surface area contributed by atoms with Gasteiger partial charge in [0.2, 0.25) is 0 Å². The summed E-state index contributed by atoms with van der Waals surface area (Å²) in [6.45, 7) is 1.35. The van der Waals surface area contributed by atoms with Gasteiger partial charge >= 0.3 is 6.36 Å². The van der Waals surface area contributed by atoms with Crippen LogP contribution in [-0.2, 0) is 6.42 Å². The molecule has 0 aromatic heterocycles. The van der Waals surface area contributed by atoms with E-state index in [1.54, 1.807) is 12.1 Å². The molecule has 1 aromatic carbocycles. The number of benzene rings is 1. The largest absolute Gasteiger partial charge is 0.573 e. The molecule has 3 N–H and O–H groups in total. The van der Waals surface area contributed by atoms with E-state index in [1.807, 2.05) is 0 Å². The SMILES string of the molecule is I.NC(=NCC1CCC1)NCCc1ccc(OC(F)(F)F)cc1. The van der Waals surface area contributed by atoms with Crippen molar-refractivity contribution in [2.24, 2.45) is 16.6 Å². The number of hydrogen-bond acceptors (Lipinski definition) is 2. The van der Waals surface area contributed by atoms with E-state index < -0.39 is 6.36 Å². The van der Waals surface area contributed by atoms with Crippen LogP contribution in [0.1, 0.15) is 24.8 Å². The number of nitrogens with two attached hydrogens (primary N) is 1. The van der Waals surface area contributed by atoms with Crippen LogP contribution in [0.15, 0.2) is 29.3 Å². The van der Waals surface area contributed by atoms with Crippen LogP contribution in [0.4, 0.5) is 13.2 Å². The second-order valence-electron chi connectivity index (χ2n) is 5.39. The Bertz CT molecular complexity index is 502. The average Bonchev–Trinajstić information content (AvgIpc) is 2.37. The van der Waals surface area contributed by atoms with Gasteiger partial charge in [0.25, 0.3) is 0 Å². The maximum Gasteiger partial charge on any atom is 0.573 e. The molecule has 1 aromatic rings. The van der Waals surface area contributed by atoms with Crippen molar-refractivity contribution in [2.45, 2.75) is 32.0 Å². The zero-order valence-electron chi connectivity index (χ0n) is 12.6. The van der Waals surface area contributed by atoms with Crippen LogP contribution in [-0.4, -0.2) is 25.4 Å². The van der Waals surface area contributed by atoms with E-state index in [4.69, 9.17) is 5.73 Å². The third kappa shape index (κ3) is 7.76. The number of ether oxygens (including phenoxy) is 1. The minimum Gasteiger partial charge on any atom is -0.406 e. The molecule has 1 fully saturated rings. The van der Waals surface area contributed by atoms with E-state index in [-0.39, 0.29) is 29.7 Å². The predicted octanol–water partition coefficient (Wildman–Crippen LogP) is 3.45. The van der Waals surface area contributed by atoms with Crippen molar-refractivity contribution in [3.63, 3.8) is 0 Å². The quantitative estimate of drug-likeness (QED) is 0.403. The van der Waals surface area contributed by atoms with E-state index in [0.717, 1.165) is 12.1 Å². The number of aliphatic imine (C=N–C) groups is 1. The van der Waals surface area contributed by atoms with Gasteiger partial charge in [0.15, 0.2) is 5.96 Å². The van der Waals surface area contributed by atoms with Crippen LogP contribution < -0.4 is 15.8 Å². The van der Waals surface area contributed by atoms with Crippen molar-refractivity contribution < 1.29 is 17.9 Å². The molecule has 0 unspecified atom stereocenters. The molecule has 4 nitrogen and oxygen atoms in total. The molecule has 0 radical (unpaired) electrons. The molecule has 0 aliphatic heterocycles. The monoisotopic (exact) mass is 443 g/mol. The molecule has 1 saturated carbocycles. The molecule has 23 heavy (non-hydrogen) atoms. The molecule has 0 bridgehead atoms. The fourth-order valence-electron chi connectivity index (χ4n) is 2.15. The highest BCUT2D eigenvalue weighted by Gasteiger charge is 2.30. The molecule has 0 spiro atoms. The third-order valence-electron chi connectivity index (χ3n) is 3.62. The number of guanidine groups is 1. The number of alkyl halides is 3. The Hall–Kier alpha value is -1.19. The third-order valence-corrected chi connectivity index (χ3v) is 3.62. The highest BCUT2D eigenvalue weighted by Crippen LogP contribution is 2.26. The highest BCUT2D eigenvalue weighted by molar-refractivity contribution is 14.0. The van der Waals surface area contributed by atoms with Crippen molar-refractivity contribution in [3.8, 4) is 5.75 Å². The minimum absolute atomic E-state index is 0. The van der Waals surface area contributed by atoms with Gasteiger partial charge in [0.05, 0.1) is 0 Å². The van der Waals surface area contributed by atoms with Crippen LogP contribution in [0, 0.1) is 5.92 Å². The Balaban J connectivity index is 0.00000264. The maximum absolute atomic E-state index is 12.0. The van der Waals surface area contributed by atoms with E-state index in [9.17, 15) is 13.2 Å². The first-order valence-electron chi connectivity index (χ1n) is 7.31. The van der Waals surface area contributed by atoms with E-state index in [2.05, 4.69) is 15.0 Å². The van der Waals surface area contributed by atoms with Gasteiger partial charge in [-0.3, -0.25) is 4.99 Å². The van der Waals surface area contributed by atoms with Crippen LogP contribution in [0.25, 0.3) is 0 Å². The molecule has 8 heteroatoms. The second kappa shape index (κ2) is 9.19. The zero-order valence-corrected chi connectivity index (χ0v) is 14.9. The predicted molar refractivity (Wildman–Crippen MR) is 94.1 cm³/mol. The number of nitrogens with one attached hydrogen (secondary N) is 1. The van der Waals surface area contributed by atoms with Gasteiger partial charge in [0, 0.05) is 13.1 Å². The highest BCUT2D eigenvalue weighted by atomic mass is 127. The van der Waals surface area contributed by atoms with Gasteiger partial charge < -0.3 is 15.8 Å². The zero-order chi connectivity index (χ0) is 16.0. The first-order valence-corrected chi connectivity index (χ1v) is 7.31.